The van der Waals surface area contributed by atoms with Gasteiger partial charge in [0.2, 0.25) is 29.7 Å². The first kappa shape index (κ1) is 103. The molecule has 1 saturated heterocycles. The second-order valence-corrected chi connectivity index (χ2v) is 43.6. The van der Waals surface area contributed by atoms with Crippen LogP contribution in [0.3, 0.4) is 0 Å². The normalized spacial score (nSPS) is 12.8. The summed E-state index contributed by atoms with van der Waals surface area (Å²) in [6.45, 7) is 28.0. The molecule has 0 amide bonds. The summed E-state index contributed by atoms with van der Waals surface area (Å²) in [5.41, 5.74) is 40.7. The topological polar surface area (TPSA) is 482 Å². The summed E-state index contributed by atoms with van der Waals surface area (Å²) < 4.78 is 20.3. The molecule has 0 aromatic carbocycles. The van der Waals surface area contributed by atoms with Crippen molar-refractivity contribution in [3.63, 3.8) is 0 Å². The predicted molar refractivity (Wildman–Crippen MR) is 587 cm³/mol. The highest BCUT2D eigenvalue weighted by Crippen LogP contribution is 2.42. The van der Waals surface area contributed by atoms with Crippen LogP contribution in [0.1, 0.15) is 180 Å². The molecule has 21 rings (SSSR count). The van der Waals surface area contributed by atoms with E-state index >= 15 is 0 Å². The maximum absolute atomic E-state index is 10.2. The molecule has 1 aliphatic heterocycles. The minimum absolute atomic E-state index is 0.205. The van der Waals surface area contributed by atoms with Gasteiger partial charge in [-0.3, -0.25) is 18.3 Å². The Morgan fingerprint density at radius 3 is 1.23 bits per heavy atom. The van der Waals surface area contributed by atoms with Gasteiger partial charge in [0, 0.05) is 109 Å². The number of aliphatic hydroxyl groups is 6. The van der Waals surface area contributed by atoms with E-state index in [4.69, 9.17) is 33.4 Å². The number of hydrogen-bond donors (Lipinski definition) is 11. The molecular formula is C108H110N26O7S5. The molecule has 146 heavy (non-hydrogen) atoms. The summed E-state index contributed by atoms with van der Waals surface area (Å²) in [6.07, 6.45) is 23.8. The fourth-order valence-corrected chi connectivity index (χ4v) is 20.6. The van der Waals surface area contributed by atoms with Crippen molar-refractivity contribution in [2.45, 2.75) is 181 Å². The molecule has 0 radical (unpaired) electrons. The van der Waals surface area contributed by atoms with Crippen LogP contribution in [0.2, 0.25) is 0 Å². The number of aromatic nitrogens is 20. The van der Waals surface area contributed by atoms with Crippen molar-refractivity contribution >= 4 is 192 Å². The third kappa shape index (κ3) is 24.2. The quantitative estimate of drug-likeness (QED) is 0.0356. The summed E-state index contributed by atoms with van der Waals surface area (Å²) in [4.78, 5) is 69.0. The average Bonchev–Trinajstić information content (AvgIpc) is 1.61. The number of nitrogen functional groups attached to an aromatic ring is 5. The number of anilines is 5. The Balaban J connectivity index is 0.000000125. The smallest absolute Gasteiger partial charge is 0.222 e. The first-order valence-corrected chi connectivity index (χ1v) is 51.4. The Bertz CT molecular complexity index is 8700. The molecule has 33 nitrogen and oxygen atoms in total. The molecule has 0 spiro atoms. The van der Waals surface area contributed by atoms with Crippen LogP contribution in [0.25, 0.3) is 140 Å². The van der Waals surface area contributed by atoms with Crippen molar-refractivity contribution in [3.8, 4) is 93.7 Å². The molecular weight excluding hydrogens is 1930 g/mol. The standard InChI is InChI=1S/C24H26N6OS.C23H25N5O2S.C22H23N5O2S.C21H21N5OS.C18H15N5OS/c1-24(2,31)8-4-16-12-20-17(13-26-16)18(15-5-9-29(3)10-6-15)14-30(20)22-21-19(7-11-32-21)27-23(25)28-22;1-22(2,29)8-5-14-13-28(20-19-17(7-10-31-19)26-21(24)27-20)18-11-15(25-12-16(14)18)6-9-23(3,4)30;1-22(2,28)7-5-14-11-15-16(13-27(8-4-9-29-3)18(15)12-24-14)19-20-17(6-10-30-20)25-21(23)26-19;1-12(2)15-11-26(19-18-16(6-8-28-18)24-20(22)25-19)17-9-13(23-10-14(15)17)5-7-21(3,4)27;1-18(2,24)6-3-12-9-14-11(10-20-12)4-7-23(14)16-15-13(5-8-25-15)21-17(19)22-16/h7,11-15,31H,5-6,9-10H2,1-3H3,(H2,25,27,28);7,10-13,29-30H,5,8H2,1-4H3,(H2,24,26,27);6,10-13,28H,4,8-9H2,1-3H3,(H2,23,25,26);6,8-12,27H,1-4H3,(H2,22,24,25);4-5,7-10,24H,1-2H3,(H2,19,21,22). The highest BCUT2D eigenvalue weighted by atomic mass is 32.1. The molecule has 1 fully saturated rings. The number of likely N-dealkylation sites (tertiary alicyclic amines) is 1. The number of methoxy groups -OCH3 is 1. The Kier molecular flexibility index (Phi) is 29.3. The number of aryl methyl sites for hydroxylation is 2. The van der Waals surface area contributed by atoms with Crippen molar-refractivity contribution in [2.75, 3.05) is 62.5 Å². The summed E-state index contributed by atoms with van der Waals surface area (Å²) in [5, 5.41) is 74.7. The van der Waals surface area contributed by atoms with Gasteiger partial charge in [-0.15, -0.1) is 56.7 Å². The van der Waals surface area contributed by atoms with Gasteiger partial charge in [0.15, 0.2) is 23.3 Å². The van der Waals surface area contributed by atoms with Gasteiger partial charge in [-0.2, -0.15) is 19.9 Å². The number of ether oxygens (including phenoxy) is 1. The first-order chi connectivity index (χ1) is 69.3. The van der Waals surface area contributed by atoms with Crippen LogP contribution in [0.15, 0.2) is 156 Å². The number of nitrogens with zero attached hydrogens (tertiary/aromatic N) is 21. The van der Waals surface area contributed by atoms with E-state index in [1.165, 1.54) is 11.1 Å². The van der Waals surface area contributed by atoms with E-state index in [0.29, 0.717) is 65.6 Å². The van der Waals surface area contributed by atoms with E-state index in [9.17, 15) is 30.6 Å². The molecule has 0 unspecified atom stereocenters. The second-order valence-electron chi connectivity index (χ2n) is 39.0. The molecule has 0 bridgehead atoms. The van der Waals surface area contributed by atoms with Crippen LogP contribution in [0, 0.1) is 59.2 Å². The number of fused-ring (bicyclic) bond motifs is 10. The molecule has 38 heteroatoms. The van der Waals surface area contributed by atoms with Crippen molar-refractivity contribution in [1.82, 2.24) is 102 Å². The summed E-state index contributed by atoms with van der Waals surface area (Å²) in [7, 11) is 3.87. The Hall–Kier alpha value is -14.9. The SMILES string of the molecule is CC(C)(O)C#Cc1cc2c(ccn2-c2nc(N)nc3ccsc23)cn1.CC(C)(O)C#Cc1cc2c(cn1)c(CCC(C)(C)O)cn2-c1nc(N)nc2ccsc12.CC(C)c1cn(-c2nc(N)nc3ccsc23)c2cc(C#CC(C)(C)O)ncc12.CN1CCC(c2cn(-c3nc(N)nc4ccsc34)c3cc(C#CC(C)(C)O)ncc23)CC1.COCCCn1cc(-c2nc(N)nc3ccsc23)c2cc(C#CC(C)(C)O)ncc21. The van der Waals surface area contributed by atoms with E-state index in [-0.39, 0.29) is 29.7 Å². The minimum atomic E-state index is -1.11. The van der Waals surface area contributed by atoms with Crippen LogP contribution >= 0.6 is 56.7 Å². The van der Waals surface area contributed by atoms with Crippen molar-refractivity contribution in [3.05, 3.63) is 201 Å². The molecule has 16 N–H and O–H groups in total. The molecule has 21 heterocycles. The maximum atomic E-state index is 10.2. The van der Waals surface area contributed by atoms with Gasteiger partial charge in [-0.1, -0.05) is 43.4 Å². The molecule has 0 aliphatic carbocycles. The predicted octanol–water partition coefficient (Wildman–Crippen LogP) is 17.0. The zero-order valence-electron chi connectivity index (χ0n) is 83.4. The highest BCUT2D eigenvalue weighted by Gasteiger charge is 2.29. The number of hydrogen-bond acceptors (Lipinski definition) is 33. The van der Waals surface area contributed by atoms with Gasteiger partial charge >= 0.3 is 0 Å². The second kappa shape index (κ2) is 41.7. The average molecular weight is 2040 g/mol. The summed E-state index contributed by atoms with van der Waals surface area (Å²) in [5.74, 6) is 33.8. The van der Waals surface area contributed by atoms with E-state index in [1.807, 2.05) is 138 Å². The van der Waals surface area contributed by atoms with Crippen molar-refractivity contribution in [2.24, 2.45) is 0 Å². The third-order valence-corrected chi connectivity index (χ3v) is 27.8. The summed E-state index contributed by atoms with van der Waals surface area (Å²) >= 11 is 7.90. The number of thiophene rings is 5. The Labute approximate surface area is 861 Å². The fourth-order valence-electron chi connectivity index (χ4n) is 16.5. The first-order valence-electron chi connectivity index (χ1n) is 47.0. The third-order valence-electron chi connectivity index (χ3n) is 23.3. The molecule has 20 aromatic heterocycles. The number of nitrogens with two attached hydrogens (primary N) is 5. The Morgan fingerprint density at radius 1 is 0.411 bits per heavy atom. The van der Waals surface area contributed by atoms with Crippen molar-refractivity contribution in [1.29, 1.82) is 0 Å². The monoisotopic (exact) mass is 2040 g/mol. The number of piperidine rings is 1. The van der Waals surface area contributed by atoms with E-state index in [2.05, 4.69) is 187 Å². The lowest BCUT2D eigenvalue weighted by atomic mass is 9.90. The zero-order valence-corrected chi connectivity index (χ0v) is 87.5. The van der Waals surface area contributed by atoms with E-state index in [0.717, 1.165) is 179 Å². The van der Waals surface area contributed by atoms with Gasteiger partial charge in [0.1, 0.15) is 56.5 Å². The molecule has 0 atom stereocenters. The van der Waals surface area contributed by atoms with Crippen LogP contribution in [-0.2, 0) is 17.7 Å². The van der Waals surface area contributed by atoms with Gasteiger partial charge in [-0.05, 0) is 287 Å². The van der Waals surface area contributed by atoms with Crippen LogP contribution in [0.4, 0.5) is 29.7 Å². The number of pyridine rings is 5. The molecule has 20 aromatic rings. The Morgan fingerprint density at radius 2 is 0.788 bits per heavy atom. The minimum Gasteiger partial charge on any atom is -0.390 e. The van der Waals surface area contributed by atoms with E-state index < -0.39 is 33.6 Å². The van der Waals surface area contributed by atoms with Crippen LogP contribution < -0.4 is 28.7 Å². The largest absolute Gasteiger partial charge is 0.390 e. The van der Waals surface area contributed by atoms with E-state index in [1.54, 1.807) is 159 Å². The molecule has 1 aliphatic rings. The van der Waals surface area contributed by atoms with Gasteiger partial charge in [-0.25, -0.2) is 54.8 Å². The lowest BCUT2D eigenvalue weighted by molar-refractivity contribution is 0.0714. The molecule has 0 saturated carbocycles. The summed E-state index contributed by atoms with van der Waals surface area (Å²) in [6, 6.07) is 21.3. The maximum Gasteiger partial charge on any atom is 0.222 e. The lowest BCUT2D eigenvalue weighted by Crippen LogP contribution is -2.29. The lowest BCUT2D eigenvalue weighted by Gasteiger charge is -2.28. The van der Waals surface area contributed by atoms with Gasteiger partial charge in [0.25, 0.3) is 0 Å². The molecule has 744 valence electrons. The van der Waals surface area contributed by atoms with Crippen molar-refractivity contribution < 1.29 is 35.4 Å². The van der Waals surface area contributed by atoms with Gasteiger partial charge in [0.05, 0.1) is 96.2 Å². The fraction of sp³-hybridized carbons (Fsp3) is 0.306. The van der Waals surface area contributed by atoms with Crippen LogP contribution in [-0.4, -0.2) is 201 Å². The zero-order chi connectivity index (χ0) is 104. The van der Waals surface area contributed by atoms with Gasteiger partial charge < -0.3 is 73.5 Å². The van der Waals surface area contributed by atoms with Crippen LogP contribution in [0.5, 0.6) is 0 Å². The highest BCUT2D eigenvalue weighted by molar-refractivity contribution is 7.19. The number of rotatable bonds is 14.